The quantitative estimate of drug-likeness (QED) is 0.302. The van der Waals surface area contributed by atoms with Crippen molar-refractivity contribution in [2.75, 3.05) is 13.7 Å². The molecule has 3 aromatic heterocycles. The third-order valence-corrected chi connectivity index (χ3v) is 7.97. The lowest BCUT2D eigenvalue weighted by molar-refractivity contribution is 0.0575. The van der Waals surface area contributed by atoms with Gasteiger partial charge in [-0.05, 0) is 56.5 Å². The Morgan fingerprint density at radius 1 is 1.25 bits per heavy atom. The van der Waals surface area contributed by atoms with Gasteiger partial charge in [0.2, 0.25) is 0 Å². The van der Waals surface area contributed by atoms with Crippen molar-refractivity contribution in [3.05, 3.63) is 70.7 Å². The van der Waals surface area contributed by atoms with Crippen LogP contribution in [0.5, 0.6) is 5.75 Å². The fraction of sp³-hybridized carbons (Fsp3) is 0.452. The van der Waals surface area contributed by atoms with Crippen LogP contribution in [0.3, 0.4) is 0 Å². The molecular weight excluding hydrogens is 507 g/mol. The first-order valence-electron chi connectivity index (χ1n) is 13.7. The van der Waals surface area contributed by atoms with E-state index in [-0.39, 0.29) is 12.0 Å². The Kier molecular flexibility index (Phi) is 7.19. The Hall–Kier alpha value is -3.74. The summed E-state index contributed by atoms with van der Waals surface area (Å²) < 4.78 is 25.7. The van der Waals surface area contributed by atoms with E-state index in [4.69, 9.17) is 4.74 Å². The van der Waals surface area contributed by atoms with Crippen LogP contribution < -0.4 is 10.1 Å². The highest BCUT2D eigenvalue weighted by atomic mass is 19.1. The number of aromatic nitrogens is 4. The number of hydrogen-bond acceptors (Lipinski definition) is 6. The molecule has 0 aliphatic heterocycles. The largest absolute Gasteiger partial charge is 0.492 e. The second kappa shape index (κ2) is 10.3. The zero-order valence-electron chi connectivity index (χ0n) is 24.0. The molecule has 1 atom stereocenters. The van der Waals surface area contributed by atoms with Crippen LogP contribution in [-0.4, -0.2) is 37.9 Å². The molecule has 1 saturated carbocycles. The highest BCUT2D eigenvalue weighted by Gasteiger charge is 2.49. The fourth-order valence-corrected chi connectivity index (χ4v) is 5.30. The fourth-order valence-electron chi connectivity index (χ4n) is 5.30. The summed E-state index contributed by atoms with van der Waals surface area (Å²) in [7, 11) is 3.74. The summed E-state index contributed by atoms with van der Waals surface area (Å²) in [5.41, 5.74) is 4.92. The number of nitriles is 1. The van der Waals surface area contributed by atoms with E-state index in [1.54, 1.807) is 10.7 Å². The van der Waals surface area contributed by atoms with Crippen molar-refractivity contribution in [3.8, 4) is 22.9 Å². The average molecular weight is 545 g/mol. The van der Waals surface area contributed by atoms with Crippen LogP contribution in [0.25, 0.3) is 16.8 Å². The van der Waals surface area contributed by atoms with Gasteiger partial charge in [0, 0.05) is 48.6 Å². The second-order valence-corrected chi connectivity index (χ2v) is 11.9. The molecule has 0 saturated heterocycles. The summed E-state index contributed by atoms with van der Waals surface area (Å²) in [5, 5.41) is 28.8. The minimum Gasteiger partial charge on any atom is -0.492 e. The van der Waals surface area contributed by atoms with Gasteiger partial charge in [-0.25, -0.2) is 9.37 Å². The molecular formula is C31H37FN6O2. The molecule has 1 fully saturated rings. The van der Waals surface area contributed by atoms with Crippen molar-refractivity contribution >= 4 is 5.65 Å². The van der Waals surface area contributed by atoms with Gasteiger partial charge in [0.15, 0.2) is 0 Å². The molecule has 40 heavy (non-hydrogen) atoms. The van der Waals surface area contributed by atoms with Gasteiger partial charge in [0.25, 0.3) is 0 Å². The van der Waals surface area contributed by atoms with E-state index in [2.05, 4.69) is 21.5 Å². The van der Waals surface area contributed by atoms with Gasteiger partial charge in [0.1, 0.15) is 23.3 Å². The molecule has 4 aromatic rings. The number of rotatable bonds is 9. The van der Waals surface area contributed by atoms with Crippen LogP contribution in [-0.2, 0) is 25.4 Å². The summed E-state index contributed by atoms with van der Waals surface area (Å²) in [6.45, 7) is 8.78. The van der Waals surface area contributed by atoms with Crippen molar-refractivity contribution in [2.45, 2.75) is 65.0 Å². The smallest absolute Gasteiger partial charge is 0.136 e. The van der Waals surface area contributed by atoms with E-state index < -0.39 is 17.3 Å². The van der Waals surface area contributed by atoms with Crippen LogP contribution >= 0.6 is 0 Å². The number of aliphatic hydroxyl groups excluding tert-OH is 1. The van der Waals surface area contributed by atoms with Gasteiger partial charge in [-0.15, -0.1) is 0 Å². The average Bonchev–Trinajstić information content (AvgIpc) is 3.53. The Bertz CT molecular complexity index is 1600. The third kappa shape index (κ3) is 4.87. The van der Waals surface area contributed by atoms with Crippen LogP contribution in [0.1, 0.15) is 67.9 Å². The van der Waals surface area contributed by atoms with Gasteiger partial charge < -0.3 is 19.6 Å². The minimum atomic E-state index is -0.885. The molecule has 0 amide bonds. The number of hydrogen-bond donors (Lipinski definition) is 2. The molecule has 1 aromatic carbocycles. The molecule has 0 radical (unpaired) electrons. The Morgan fingerprint density at radius 3 is 2.65 bits per heavy atom. The van der Waals surface area contributed by atoms with Crippen LogP contribution in [0.4, 0.5) is 4.39 Å². The van der Waals surface area contributed by atoms with Gasteiger partial charge in [-0.2, -0.15) is 10.4 Å². The van der Waals surface area contributed by atoms with Gasteiger partial charge in [-0.1, -0.05) is 20.8 Å². The predicted molar refractivity (Wildman–Crippen MR) is 151 cm³/mol. The van der Waals surface area contributed by atoms with E-state index in [9.17, 15) is 10.4 Å². The maximum atomic E-state index is 15.5. The normalized spacial score (nSPS) is 15.3. The van der Waals surface area contributed by atoms with Crippen molar-refractivity contribution < 1.29 is 14.2 Å². The van der Waals surface area contributed by atoms with Gasteiger partial charge in [-0.3, -0.25) is 4.68 Å². The molecule has 5 rings (SSSR count). The first kappa shape index (κ1) is 27.8. The zero-order valence-corrected chi connectivity index (χ0v) is 24.0. The number of aryl methyl sites for hydroxylation is 1. The monoisotopic (exact) mass is 544 g/mol. The number of ether oxygens (including phenoxy) is 1. The summed E-state index contributed by atoms with van der Waals surface area (Å²) in [5.74, 6) is -0.0353. The second-order valence-electron chi connectivity index (χ2n) is 11.9. The summed E-state index contributed by atoms with van der Waals surface area (Å²) in [4.78, 5) is 4.48. The zero-order chi connectivity index (χ0) is 28.8. The SMILES string of the molecule is CNCc1cnc2ccc(-c3ccc(F)c(C4(C#N)CC4)c3OCCc3c(C(O)C(C)(C)C)nn(C)c3C)cn12. The lowest BCUT2D eigenvalue weighted by atomic mass is 9.85. The number of benzene rings is 1. The number of nitrogens with zero attached hydrogens (tertiary/aromatic N) is 5. The molecule has 1 aliphatic rings. The summed E-state index contributed by atoms with van der Waals surface area (Å²) in [6, 6.07) is 9.39. The maximum Gasteiger partial charge on any atom is 0.136 e. The lowest BCUT2D eigenvalue weighted by Crippen LogP contribution is -2.20. The van der Waals surface area contributed by atoms with Gasteiger partial charge >= 0.3 is 0 Å². The number of imidazole rings is 1. The number of fused-ring (bicyclic) bond motifs is 1. The highest BCUT2D eigenvalue weighted by Crippen LogP contribution is 2.54. The van der Waals surface area contributed by atoms with Gasteiger partial charge in [0.05, 0.1) is 41.2 Å². The molecule has 3 heterocycles. The standard InChI is InChI=1S/C31H37FN6O2/c1-19-22(27(36-37(19)6)29(39)30(2,3)4)11-14-40-28-23(8-9-24(32)26(28)31(18-33)12-13-31)20-7-10-25-35-16-21(15-34-5)38(25)17-20/h7-10,16-17,29,34,39H,11-15H2,1-6H3. The van der Waals surface area contributed by atoms with E-state index in [0.717, 1.165) is 33.7 Å². The molecule has 8 nitrogen and oxygen atoms in total. The molecule has 1 aliphatic carbocycles. The van der Waals surface area contributed by atoms with Crippen LogP contribution in [0.15, 0.2) is 36.7 Å². The Labute approximate surface area is 234 Å². The number of halogens is 1. The van der Waals surface area contributed by atoms with E-state index in [1.165, 1.54) is 6.07 Å². The predicted octanol–water partition coefficient (Wildman–Crippen LogP) is 5.16. The van der Waals surface area contributed by atoms with E-state index >= 15 is 4.39 Å². The van der Waals surface area contributed by atoms with E-state index in [0.29, 0.717) is 42.8 Å². The topological polar surface area (TPSA) is 100 Å². The number of aliphatic hydroxyl groups is 1. The molecule has 0 spiro atoms. The summed E-state index contributed by atoms with van der Waals surface area (Å²) in [6.07, 6.45) is 4.73. The van der Waals surface area contributed by atoms with Crippen molar-refractivity contribution in [1.82, 2.24) is 24.5 Å². The summed E-state index contributed by atoms with van der Waals surface area (Å²) >= 11 is 0. The molecule has 2 N–H and O–H groups in total. The first-order chi connectivity index (χ1) is 19.0. The third-order valence-electron chi connectivity index (χ3n) is 7.97. The first-order valence-corrected chi connectivity index (χ1v) is 13.7. The molecule has 1 unspecified atom stereocenters. The van der Waals surface area contributed by atoms with E-state index in [1.807, 2.05) is 70.7 Å². The van der Waals surface area contributed by atoms with Crippen molar-refractivity contribution in [3.63, 3.8) is 0 Å². The van der Waals surface area contributed by atoms with Crippen molar-refractivity contribution in [1.29, 1.82) is 5.26 Å². The Morgan fingerprint density at radius 2 is 2.00 bits per heavy atom. The molecule has 210 valence electrons. The molecule has 0 bridgehead atoms. The highest BCUT2D eigenvalue weighted by molar-refractivity contribution is 5.75. The number of nitrogens with one attached hydrogen (secondary N) is 1. The maximum absolute atomic E-state index is 15.5. The van der Waals surface area contributed by atoms with Crippen molar-refractivity contribution in [2.24, 2.45) is 12.5 Å². The number of pyridine rings is 1. The van der Waals surface area contributed by atoms with Crippen LogP contribution in [0, 0.1) is 29.5 Å². The van der Waals surface area contributed by atoms with Crippen LogP contribution in [0.2, 0.25) is 0 Å². The lowest BCUT2D eigenvalue weighted by Gasteiger charge is -2.25. The Balaban J connectivity index is 1.55. The molecule has 9 heteroatoms. The minimum absolute atomic E-state index is 0.236.